The van der Waals surface area contributed by atoms with Crippen molar-refractivity contribution in [1.82, 2.24) is 4.90 Å². The van der Waals surface area contributed by atoms with Crippen molar-refractivity contribution in [3.05, 3.63) is 35.4 Å². The maximum Gasteiger partial charge on any atom is 0.0991 e. The third kappa shape index (κ3) is 3.33. The van der Waals surface area contributed by atoms with Gasteiger partial charge < -0.3 is 9.47 Å². The second-order valence-electron chi connectivity index (χ2n) is 6.29. The Hall–Kier alpha value is -1.41. The summed E-state index contributed by atoms with van der Waals surface area (Å²) < 4.78 is 11.4. The molecule has 4 nitrogen and oxygen atoms in total. The Balaban J connectivity index is 1.73. The van der Waals surface area contributed by atoms with Crippen molar-refractivity contribution in [2.24, 2.45) is 5.92 Å². The van der Waals surface area contributed by atoms with E-state index in [1.807, 2.05) is 25.3 Å². The van der Waals surface area contributed by atoms with Crippen molar-refractivity contribution in [1.29, 1.82) is 5.26 Å². The number of morpholine rings is 1. The average Bonchev–Trinajstić information content (AvgIpc) is 3.04. The number of methoxy groups -OCH3 is 1. The molecule has 0 bridgehead atoms. The fraction of sp³-hybridized carbons (Fsp3) is 0.611. The molecule has 0 aromatic heterocycles. The molecule has 0 amide bonds. The Labute approximate surface area is 132 Å². The molecule has 3 atom stereocenters. The van der Waals surface area contributed by atoms with E-state index in [1.54, 1.807) is 0 Å². The largest absolute Gasteiger partial charge is 0.381 e. The first-order valence-corrected chi connectivity index (χ1v) is 8.15. The topological polar surface area (TPSA) is 45.5 Å². The van der Waals surface area contributed by atoms with Crippen LogP contribution in [0.3, 0.4) is 0 Å². The van der Waals surface area contributed by atoms with E-state index in [4.69, 9.17) is 14.7 Å². The highest BCUT2D eigenvalue weighted by Crippen LogP contribution is 2.34. The van der Waals surface area contributed by atoms with E-state index in [9.17, 15) is 0 Å². The van der Waals surface area contributed by atoms with Gasteiger partial charge in [-0.3, -0.25) is 4.90 Å². The lowest BCUT2D eigenvalue weighted by Crippen LogP contribution is -2.50. The van der Waals surface area contributed by atoms with Gasteiger partial charge in [0.05, 0.1) is 31.0 Å². The smallest absolute Gasteiger partial charge is 0.0991 e. The number of ether oxygens (including phenoxy) is 2. The molecular formula is C18H24N2O2. The van der Waals surface area contributed by atoms with E-state index in [1.165, 1.54) is 18.4 Å². The van der Waals surface area contributed by atoms with Crippen LogP contribution in [0.25, 0.3) is 0 Å². The van der Waals surface area contributed by atoms with E-state index in [2.05, 4.69) is 17.0 Å². The Kier molecular flexibility index (Phi) is 5.09. The molecule has 2 aliphatic rings. The quantitative estimate of drug-likeness (QED) is 0.857. The van der Waals surface area contributed by atoms with Crippen molar-refractivity contribution in [2.45, 2.75) is 38.0 Å². The van der Waals surface area contributed by atoms with Crippen LogP contribution in [-0.2, 0) is 16.0 Å². The van der Waals surface area contributed by atoms with Gasteiger partial charge in [-0.15, -0.1) is 0 Å². The molecule has 1 aliphatic heterocycles. The monoisotopic (exact) mass is 300 g/mol. The first kappa shape index (κ1) is 15.5. The van der Waals surface area contributed by atoms with Gasteiger partial charge >= 0.3 is 0 Å². The lowest BCUT2D eigenvalue weighted by molar-refractivity contribution is -0.0608. The molecule has 2 fully saturated rings. The molecule has 22 heavy (non-hydrogen) atoms. The van der Waals surface area contributed by atoms with Crippen LogP contribution in [0.2, 0.25) is 0 Å². The summed E-state index contributed by atoms with van der Waals surface area (Å²) in [4.78, 5) is 2.52. The van der Waals surface area contributed by atoms with Gasteiger partial charge in [-0.2, -0.15) is 5.26 Å². The first-order chi connectivity index (χ1) is 10.8. The molecule has 1 aliphatic carbocycles. The highest BCUT2D eigenvalue weighted by molar-refractivity contribution is 5.32. The van der Waals surface area contributed by atoms with E-state index in [-0.39, 0.29) is 0 Å². The van der Waals surface area contributed by atoms with Gasteiger partial charge in [-0.05, 0) is 30.5 Å². The van der Waals surface area contributed by atoms with Crippen LogP contribution >= 0.6 is 0 Å². The fourth-order valence-electron chi connectivity index (χ4n) is 3.91. The van der Waals surface area contributed by atoms with E-state index < -0.39 is 0 Å². The summed E-state index contributed by atoms with van der Waals surface area (Å²) in [7, 11) is 1.83. The summed E-state index contributed by atoms with van der Waals surface area (Å²) in [6.07, 6.45) is 3.99. The zero-order chi connectivity index (χ0) is 15.4. The zero-order valence-electron chi connectivity index (χ0n) is 13.2. The number of nitriles is 1. The molecule has 0 spiro atoms. The molecule has 1 heterocycles. The number of rotatable bonds is 4. The minimum absolute atomic E-state index is 0.361. The zero-order valence-corrected chi connectivity index (χ0v) is 13.2. The Morgan fingerprint density at radius 2 is 2.32 bits per heavy atom. The number of nitrogens with zero attached hydrogens (tertiary/aromatic N) is 2. The highest BCUT2D eigenvalue weighted by Gasteiger charge is 2.38. The van der Waals surface area contributed by atoms with Gasteiger partial charge in [0.15, 0.2) is 0 Å². The minimum atomic E-state index is 0.361. The molecule has 4 heteroatoms. The van der Waals surface area contributed by atoms with Gasteiger partial charge in [-0.25, -0.2) is 0 Å². The predicted octanol–water partition coefficient (Wildman–Crippen LogP) is 2.57. The van der Waals surface area contributed by atoms with Crippen LogP contribution in [0.4, 0.5) is 0 Å². The van der Waals surface area contributed by atoms with Crippen molar-refractivity contribution in [3.8, 4) is 6.07 Å². The van der Waals surface area contributed by atoms with E-state index in [0.717, 1.165) is 38.3 Å². The maximum atomic E-state index is 9.06. The second kappa shape index (κ2) is 7.23. The molecule has 3 rings (SSSR count). The van der Waals surface area contributed by atoms with Crippen molar-refractivity contribution >= 4 is 0 Å². The van der Waals surface area contributed by atoms with Crippen molar-refractivity contribution in [3.63, 3.8) is 0 Å². The van der Waals surface area contributed by atoms with Gasteiger partial charge in [0.2, 0.25) is 0 Å². The van der Waals surface area contributed by atoms with Crippen LogP contribution in [0.15, 0.2) is 24.3 Å². The molecule has 0 radical (unpaired) electrons. The second-order valence-corrected chi connectivity index (χ2v) is 6.29. The lowest BCUT2D eigenvalue weighted by Gasteiger charge is -2.40. The lowest BCUT2D eigenvalue weighted by atomic mass is 9.93. The van der Waals surface area contributed by atoms with E-state index >= 15 is 0 Å². The van der Waals surface area contributed by atoms with Gasteiger partial charge in [0.1, 0.15) is 0 Å². The summed E-state index contributed by atoms with van der Waals surface area (Å²) >= 11 is 0. The molecule has 1 saturated carbocycles. The highest BCUT2D eigenvalue weighted by atomic mass is 16.5. The summed E-state index contributed by atoms with van der Waals surface area (Å²) in [6, 6.07) is 10.6. The molecular weight excluding hydrogens is 276 g/mol. The predicted molar refractivity (Wildman–Crippen MR) is 84.3 cm³/mol. The van der Waals surface area contributed by atoms with Crippen molar-refractivity contribution < 1.29 is 9.47 Å². The van der Waals surface area contributed by atoms with E-state index in [0.29, 0.717) is 18.1 Å². The molecule has 0 unspecified atom stereocenters. The minimum Gasteiger partial charge on any atom is -0.381 e. The Bertz CT molecular complexity index is 540. The molecule has 118 valence electrons. The summed E-state index contributed by atoms with van der Waals surface area (Å²) in [5.74, 6) is 0.560. The molecule has 0 N–H and O–H groups in total. The van der Waals surface area contributed by atoms with Crippen LogP contribution < -0.4 is 0 Å². The normalized spacial score (nSPS) is 29.4. The third-order valence-electron chi connectivity index (χ3n) is 5.02. The Morgan fingerprint density at radius 3 is 3.14 bits per heavy atom. The standard InChI is InChI=1S/C18H24N2O2/c1-21-18-7-3-6-16(18)17-13-22-9-8-20(17)12-15-5-2-4-14(10-15)11-19/h2,4-5,10,16-18H,3,6-9,12-13H2,1H3/t16-,17+,18-/m1/s1. The summed E-state index contributed by atoms with van der Waals surface area (Å²) in [5.41, 5.74) is 1.94. The average molecular weight is 300 g/mol. The summed E-state index contributed by atoms with van der Waals surface area (Å²) in [5, 5.41) is 9.06. The SMILES string of the molecule is CO[C@@H]1CCC[C@@H]1[C@@H]1COCCN1Cc1cccc(C#N)c1. The maximum absolute atomic E-state index is 9.06. The van der Waals surface area contributed by atoms with Crippen LogP contribution in [0.5, 0.6) is 0 Å². The number of hydrogen-bond acceptors (Lipinski definition) is 4. The fourth-order valence-corrected chi connectivity index (χ4v) is 3.91. The Morgan fingerprint density at radius 1 is 1.41 bits per heavy atom. The van der Waals surface area contributed by atoms with Gasteiger partial charge in [0.25, 0.3) is 0 Å². The molecule has 1 aromatic carbocycles. The number of benzene rings is 1. The summed E-state index contributed by atoms with van der Waals surface area (Å²) in [6.45, 7) is 3.42. The van der Waals surface area contributed by atoms with Crippen molar-refractivity contribution in [2.75, 3.05) is 26.9 Å². The van der Waals surface area contributed by atoms with Gasteiger partial charge in [-0.1, -0.05) is 18.6 Å². The van der Waals surface area contributed by atoms with Crippen LogP contribution in [0, 0.1) is 17.2 Å². The first-order valence-electron chi connectivity index (χ1n) is 8.15. The number of hydrogen-bond donors (Lipinski definition) is 0. The molecule has 1 aromatic rings. The van der Waals surface area contributed by atoms with Crippen LogP contribution in [-0.4, -0.2) is 43.9 Å². The van der Waals surface area contributed by atoms with Crippen LogP contribution in [0.1, 0.15) is 30.4 Å². The van der Waals surface area contributed by atoms with Gasteiger partial charge in [0, 0.05) is 32.2 Å². The third-order valence-corrected chi connectivity index (χ3v) is 5.02. The molecule has 1 saturated heterocycles.